The van der Waals surface area contributed by atoms with Crippen LogP contribution in [0, 0.1) is 0 Å². The number of carbonyl (C=O) groups is 4. The molecule has 8 N–H and O–H groups in total. The number of nitrogens with one attached hydrogen (secondary N) is 3. The van der Waals surface area contributed by atoms with Gasteiger partial charge in [0.25, 0.3) is 0 Å². The van der Waals surface area contributed by atoms with Gasteiger partial charge in [-0.05, 0) is 51.2 Å². The first-order valence-electron chi connectivity index (χ1n) is 8.78. The van der Waals surface area contributed by atoms with E-state index >= 15 is 0 Å². The molecule has 10 nitrogen and oxygen atoms in total. The van der Waals surface area contributed by atoms with Gasteiger partial charge < -0.3 is 32.5 Å². The highest BCUT2D eigenvalue weighted by Crippen LogP contribution is 2.03. The molecule has 0 rings (SSSR count). The van der Waals surface area contributed by atoms with Crippen LogP contribution in [0.5, 0.6) is 0 Å². The average molecular weight is 406 g/mol. The topological polar surface area (TPSA) is 177 Å². The molecule has 0 saturated heterocycles. The Morgan fingerprint density at radius 3 is 2.15 bits per heavy atom. The lowest BCUT2D eigenvalue weighted by molar-refractivity contribution is -0.142. The first kappa shape index (κ1) is 25.1. The predicted molar refractivity (Wildman–Crippen MR) is 104 cm³/mol. The van der Waals surface area contributed by atoms with E-state index in [0.717, 1.165) is 0 Å². The van der Waals surface area contributed by atoms with Crippen molar-refractivity contribution in [1.82, 2.24) is 16.0 Å². The quantitative estimate of drug-likeness (QED) is 0.187. The maximum Gasteiger partial charge on any atom is 0.326 e. The Kier molecular flexibility index (Phi) is 13.3. The van der Waals surface area contributed by atoms with Crippen molar-refractivity contribution in [2.45, 2.75) is 50.7 Å². The number of thioether (sulfide) groups is 1. The van der Waals surface area contributed by atoms with Gasteiger partial charge in [0.2, 0.25) is 17.7 Å². The van der Waals surface area contributed by atoms with Crippen LogP contribution in [0.1, 0.15) is 32.6 Å². The number of carboxylic acid groups (broad SMARTS) is 1. The molecule has 0 aromatic carbocycles. The Balaban J connectivity index is 4.75. The molecule has 0 aliphatic heterocycles. The van der Waals surface area contributed by atoms with E-state index in [1.165, 1.54) is 18.7 Å². The fraction of sp³-hybridized carbons (Fsp3) is 0.750. The standard InChI is InChI=1S/C16H31N5O5S/c1-10(14(23)21-12(16(25)26)5-3-4-7-17)19-15(24)11(6-8-27-2)20-13(22)9-18/h10-12H,3-9,17-18H2,1-2H3,(H,19,24)(H,20,22)(H,21,23)(H,25,26). The molecule has 0 radical (unpaired) electrons. The van der Waals surface area contributed by atoms with Gasteiger partial charge in [-0.2, -0.15) is 11.8 Å². The Morgan fingerprint density at radius 2 is 1.63 bits per heavy atom. The molecule has 3 atom stereocenters. The molecular formula is C16H31N5O5S. The van der Waals surface area contributed by atoms with Crippen molar-refractivity contribution in [3.05, 3.63) is 0 Å². The Hall–Kier alpha value is -1.85. The highest BCUT2D eigenvalue weighted by molar-refractivity contribution is 7.98. The highest BCUT2D eigenvalue weighted by Gasteiger charge is 2.26. The number of amides is 3. The highest BCUT2D eigenvalue weighted by atomic mass is 32.2. The van der Waals surface area contributed by atoms with Crippen LogP contribution in [0.15, 0.2) is 0 Å². The normalized spacial score (nSPS) is 13.9. The van der Waals surface area contributed by atoms with Crippen LogP contribution >= 0.6 is 11.8 Å². The summed E-state index contributed by atoms with van der Waals surface area (Å²) in [7, 11) is 0. The Morgan fingerprint density at radius 1 is 0.963 bits per heavy atom. The first-order valence-corrected chi connectivity index (χ1v) is 10.2. The van der Waals surface area contributed by atoms with Crippen LogP contribution < -0.4 is 27.4 Å². The van der Waals surface area contributed by atoms with Crippen LogP contribution in [-0.2, 0) is 19.2 Å². The molecule has 0 aliphatic rings. The summed E-state index contributed by atoms with van der Waals surface area (Å²) in [6, 6.07) is -2.82. The summed E-state index contributed by atoms with van der Waals surface area (Å²) in [5.41, 5.74) is 10.6. The number of hydrogen-bond donors (Lipinski definition) is 6. The zero-order chi connectivity index (χ0) is 20.8. The minimum absolute atomic E-state index is 0.248. The fourth-order valence-electron chi connectivity index (χ4n) is 2.18. The summed E-state index contributed by atoms with van der Waals surface area (Å²) in [5, 5.41) is 16.6. The Labute approximate surface area is 163 Å². The monoisotopic (exact) mass is 405 g/mol. The van der Waals surface area contributed by atoms with Crippen molar-refractivity contribution in [2.24, 2.45) is 11.5 Å². The van der Waals surface area contributed by atoms with E-state index in [9.17, 15) is 24.3 Å². The molecule has 0 aromatic rings. The maximum absolute atomic E-state index is 12.4. The number of rotatable bonds is 14. The van der Waals surface area contributed by atoms with Crippen molar-refractivity contribution < 1.29 is 24.3 Å². The van der Waals surface area contributed by atoms with Crippen LogP contribution in [0.3, 0.4) is 0 Å². The van der Waals surface area contributed by atoms with E-state index in [4.69, 9.17) is 11.5 Å². The van der Waals surface area contributed by atoms with Gasteiger partial charge in [0, 0.05) is 0 Å². The zero-order valence-electron chi connectivity index (χ0n) is 15.8. The van der Waals surface area contributed by atoms with Crippen molar-refractivity contribution in [1.29, 1.82) is 0 Å². The van der Waals surface area contributed by atoms with Gasteiger partial charge >= 0.3 is 5.97 Å². The van der Waals surface area contributed by atoms with Crippen LogP contribution in [0.25, 0.3) is 0 Å². The lowest BCUT2D eigenvalue weighted by Gasteiger charge is -2.22. The number of nitrogens with two attached hydrogens (primary N) is 2. The molecular weight excluding hydrogens is 374 g/mol. The van der Waals surface area contributed by atoms with E-state index in [-0.39, 0.29) is 13.0 Å². The molecule has 0 bridgehead atoms. The van der Waals surface area contributed by atoms with Gasteiger partial charge in [0.05, 0.1) is 6.54 Å². The first-order chi connectivity index (χ1) is 12.8. The summed E-state index contributed by atoms with van der Waals surface area (Å²) < 4.78 is 0. The minimum atomic E-state index is -1.15. The van der Waals surface area contributed by atoms with Crippen LogP contribution in [0.2, 0.25) is 0 Å². The molecule has 0 aliphatic carbocycles. The van der Waals surface area contributed by atoms with E-state index in [0.29, 0.717) is 31.6 Å². The van der Waals surface area contributed by atoms with Crippen LogP contribution in [0.4, 0.5) is 0 Å². The molecule has 11 heteroatoms. The second-order valence-electron chi connectivity index (χ2n) is 6.02. The van der Waals surface area contributed by atoms with Crippen molar-refractivity contribution in [3.63, 3.8) is 0 Å². The van der Waals surface area contributed by atoms with Gasteiger partial charge in [0.1, 0.15) is 18.1 Å². The molecule has 0 saturated carbocycles. The van der Waals surface area contributed by atoms with Gasteiger partial charge in [-0.3, -0.25) is 14.4 Å². The van der Waals surface area contributed by atoms with E-state index in [1.54, 1.807) is 0 Å². The third-order valence-electron chi connectivity index (χ3n) is 3.76. The van der Waals surface area contributed by atoms with Crippen LogP contribution in [-0.4, -0.2) is 72.0 Å². The Bertz CT molecular complexity index is 506. The van der Waals surface area contributed by atoms with Gasteiger partial charge in [-0.25, -0.2) is 4.79 Å². The van der Waals surface area contributed by atoms with Gasteiger partial charge in [0.15, 0.2) is 0 Å². The maximum atomic E-state index is 12.4. The van der Waals surface area contributed by atoms with E-state index in [2.05, 4.69) is 16.0 Å². The molecule has 27 heavy (non-hydrogen) atoms. The zero-order valence-corrected chi connectivity index (χ0v) is 16.6. The second kappa shape index (κ2) is 14.2. The van der Waals surface area contributed by atoms with Gasteiger partial charge in [-0.15, -0.1) is 0 Å². The van der Waals surface area contributed by atoms with Crippen molar-refractivity contribution >= 4 is 35.5 Å². The van der Waals surface area contributed by atoms with Gasteiger partial charge in [-0.1, -0.05) is 0 Å². The average Bonchev–Trinajstić information content (AvgIpc) is 2.63. The van der Waals surface area contributed by atoms with E-state index in [1.807, 2.05) is 6.26 Å². The summed E-state index contributed by atoms with van der Waals surface area (Å²) in [6.07, 6.45) is 3.72. The number of aliphatic carboxylic acids is 1. The molecule has 3 unspecified atom stereocenters. The third kappa shape index (κ3) is 10.8. The molecule has 156 valence electrons. The largest absolute Gasteiger partial charge is 0.480 e. The lowest BCUT2D eigenvalue weighted by Crippen LogP contribution is -2.55. The second-order valence-corrected chi connectivity index (χ2v) is 7.01. The fourth-order valence-corrected chi connectivity index (χ4v) is 2.66. The number of carbonyl (C=O) groups excluding carboxylic acids is 3. The molecule has 3 amide bonds. The third-order valence-corrected chi connectivity index (χ3v) is 4.41. The van der Waals surface area contributed by atoms with Crippen molar-refractivity contribution in [2.75, 3.05) is 25.1 Å². The molecule has 0 fully saturated rings. The number of hydrogen-bond acceptors (Lipinski definition) is 7. The summed E-state index contributed by atoms with van der Waals surface area (Å²) in [6.45, 7) is 1.64. The molecule has 0 spiro atoms. The number of carboxylic acids is 1. The summed E-state index contributed by atoms with van der Waals surface area (Å²) >= 11 is 1.51. The number of unbranched alkanes of at least 4 members (excludes halogenated alkanes) is 1. The smallest absolute Gasteiger partial charge is 0.326 e. The lowest BCUT2D eigenvalue weighted by atomic mass is 10.1. The molecule has 0 heterocycles. The summed E-state index contributed by atoms with van der Waals surface area (Å²) in [4.78, 5) is 47.3. The molecule has 0 aromatic heterocycles. The minimum Gasteiger partial charge on any atom is -0.480 e. The SMILES string of the molecule is CSCCC(NC(=O)CN)C(=O)NC(C)C(=O)NC(CCCCN)C(=O)O. The summed E-state index contributed by atoms with van der Waals surface area (Å²) in [5.74, 6) is -2.13. The van der Waals surface area contributed by atoms with E-state index < -0.39 is 41.8 Å². The predicted octanol–water partition coefficient (Wildman–Crippen LogP) is -1.61. The van der Waals surface area contributed by atoms with Crippen molar-refractivity contribution in [3.8, 4) is 0 Å².